The van der Waals surface area contributed by atoms with Gasteiger partial charge in [-0.05, 0) is 30.3 Å². The summed E-state index contributed by atoms with van der Waals surface area (Å²) in [4.78, 5) is 4.24. The zero-order valence-corrected chi connectivity index (χ0v) is 8.70. The molecule has 0 unspecified atom stereocenters. The molecule has 1 nitrogen and oxygen atoms in total. The van der Waals surface area contributed by atoms with Crippen LogP contribution >= 0.6 is 11.6 Å². The van der Waals surface area contributed by atoms with Crippen molar-refractivity contribution < 1.29 is 0 Å². The normalized spacial score (nSPS) is 9.60. The van der Waals surface area contributed by atoms with Crippen molar-refractivity contribution >= 4 is 11.6 Å². The van der Waals surface area contributed by atoms with Gasteiger partial charge in [-0.25, -0.2) is 0 Å². The average Bonchev–Trinajstić information content (AvgIpc) is 2.30. The summed E-state index contributed by atoms with van der Waals surface area (Å²) in [5.41, 5.74) is 2.54. The largest absolute Gasteiger partial charge is 0.256 e. The molecule has 15 heavy (non-hydrogen) atoms. The highest BCUT2D eigenvalue weighted by atomic mass is 35.5. The number of hydrogen-bond acceptors (Lipinski definition) is 1. The third-order valence-electron chi connectivity index (χ3n) is 2.08. The monoisotopic (exact) mass is 213 g/mol. The van der Waals surface area contributed by atoms with Crippen molar-refractivity contribution in [3.05, 3.63) is 53.2 Å². The number of aromatic nitrogens is 1. The SMILES string of the molecule is C#Cc1ccc(Cl)cc1-c1ccccn1. The van der Waals surface area contributed by atoms with Crippen LogP contribution in [0.1, 0.15) is 5.56 Å². The Labute approximate surface area is 93.7 Å². The number of hydrogen-bond donors (Lipinski definition) is 0. The lowest BCUT2D eigenvalue weighted by Gasteiger charge is -2.04. The van der Waals surface area contributed by atoms with Crippen molar-refractivity contribution in [2.24, 2.45) is 0 Å². The quantitative estimate of drug-likeness (QED) is 0.662. The molecule has 0 radical (unpaired) electrons. The number of pyridine rings is 1. The number of halogens is 1. The molecule has 2 rings (SSSR count). The Morgan fingerprint density at radius 1 is 1.20 bits per heavy atom. The fourth-order valence-corrected chi connectivity index (χ4v) is 1.55. The third kappa shape index (κ3) is 2.01. The van der Waals surface area contributed by atoms with Gasteiger partial charge in [-0.15, -0.1) is 6.42 Å². The molecule has 0 bridgehead atoms. The van der Waals surface area contributed by atoms with Crippen molar-refractivity contribution in [3.63, 3.8) is 0 Å². The van der Waals surface area contributed by atoms with E-state index in [2.05, 4.69) is 10.9 Å². The van der Waals surface area contributed by atoms with Crippen LogP contribution in [-0.4, -0.2) is 4.98 Å². The Hall–Kier alpha value is -1.78. The Morgan fingerprint density at radius 3 is 2.73 bits per heavy atom. The van der Waals surface area contributed by atoms with Crippen LogP contribution in [0, 0.1) is 12.3 Å². The minimum atomic E-state index is 0.662. The molecule has 72 valence electrons. The minimum Gasteiger partial charge on any atom is -0.256 e. The summed E-state index contributed by atoms with van der Waals surface area (Å²) in [5, 5.41) is 0.662. The molecular weight excluding hydrogens is 206 g/mol. The van der Waals surface area contributed by atoms with Crippen LogP contribution in [0.3, 0.4) is 0 Å². The predicted octanol–water partition coefficient (Wildman–Crippen LogP) is 3.38. The first-order valence-electron chi connectivity index (χ1n) is 4.49. The number of rotatable bonds is 1. The van der Waals surface area contributed by atoms with E-state index in [-0.39, 0.29) is 0 Å². The van der Waals surface area contributed by atoms with Gasteiger partial charge < -0.3 is 0 Å². The minimum absolute atomic E-state index is 0.662. The van der Waals surface area contributed by atoms with E-state index in [1.54, 1.807) is 12.3 Å². The van der Waals surface area contributed by atoms with Gasteiger partial charge in [0.05, 0.1) is 5.69 Å². The van der Waals surface area contributed by atoms with E-state index in [0.717, 1.165) is 16.8 Å². The highest BCUT2D eigenvalue weighted by molar-refractivity contribution is 6.30. The molecule has 1 aromatic heterocycles. The standard InChI is InChI=1S/C13H8ClN/c1-2-10-6-7-11(14)9-12(10)13-5-3-4-8-15-13/h1,3-9H. The average molecular weight is 214 g/mol. The van der Waals surface area contributed by atoms with Crippen LogP contribution < -0.4 is 0 Å². The molecule has 0 saturated heterocycles. The van der Waals surface area contributed by atoms with Crippen molar-refractivity contribution in [1.29, 1.82) is 0 Å². The lowest BCUT2D eigenvalue weighted by atomic mass is 10.0. The van der Waals surface area contributed by atoms with Gasteiger partial charge >= 0.3 is 0 Å². The lowest BCUT2D eigenvalue weighted by Crippen LogP contribution is -1.86. The van der Waals surface area contributed by atoms with Gasteiger partial charge in [0.15, 0.2) is 0 Å². The van der Waals surface area contributed by atoms with Crippen LogP contribution in [0.25, 0.3) is 11.3 Å². The van der Waals surface area contributed by atoms with Gasteiger partial charge in [-0.3, -0.25) is 4.98 Å². The van der Waals surface area contributed by atoms with E-state index in [9.17, 15) is 0 Å². The van der Waals surface area contributed by atoms with Crippen LogP contribution in [0.5, 0.6) is 0 Å². The molecule has 0 amide bonds. The molecule has 0 N–H and O–H groups in total. The lowest BCUT2D eigenvalue weighted by molar-refractivity contribution is 1.32. The summed E-state index contributed by atoms with van der Waals surface area (Å²) in [6, 6.07) is 11.1. The molecular formula is C13H8ClN. The first kappa shape index (κ1) is 9.76. The topological polar surface area (TPSA) is 12.9 Å². The van der Waals surface area contributed by atoms with Gasteiger partial charge in [0.2, 0.25) is 0 Å². The smallest absolute Gasteiger partial charge is 0.0715 e. The summed E-state index contributed by atoms with van der Waals surface area (Å²) >= 11 is 5.93. The Kier molecular flexibility index (Phi) is 2.71. The van der Waals surface area contributed by atoms with Gasteiger partial charge in [-0.1, -0.05) is 23.6 Å². The van der Waals surface area contributed by atoms with Gasteiger partial charge in [-0.2, -0.15) is 0 Å². The summed E-state index contributed by atoms with van der Waals surface area (Å²) in [5.74, 6) is 2.62. The first-order chi connectivity index (χ1) is 7.31. The van der Waals surface area contributed by atoms with Crippen molar-refractivity contribution in [1.82, 2.24) is 4.98 Å². The Morgan fingerprint density at radius 2 is 2.07 bits per heavy atom. The number of benzene rings is 1. The van der Waals surface area contributed by atoms with Crippen molar-refractivity contribution in [2.75, 3.05) is 0 Å². The second kappa shape index (κ2) is 4.16. The predicted molar refractivity (Wildman–Crippen MR) is 62.6 cm³/mol. The van der Waals surface area contributed by atoms with Gasteiger partial charge in [0.1, 0.15) is 0 Å². The van der Waals surface area contributed by atoms with Gasteiger partial charge in [0.25, 0.3) is 0 Å². The molecule has 2 aromatic rings. The van der Waals surface area contributed by atoms with Gasteiger partial charge in [0, 0.05) is 22.3 Å². The summed E-state index contributed by atoms with van der Waals surface area (Å²) < 4.78 is 0. The third-order valence-corrected chi connectivity index (χ3v) is 2.31. The molecule has 0 saturated carbocycles. The van der Waals surface area contributed by atoms with Crippen LogP contribution in [0.4, 0.5) is 0 Å². The molecule has 2 heteroatoms. The molecule has 0 atom stereocenters. The number of nitrogens with zero attached hydrogens (tertiary/aromatic N) is 1. The molecule has 1 aromatic carbocycles. The first-order valence-corrected chi connectivity index (χ1v) is 4.86. The molecule has 0 spiro atoms. The molecule has 0 aliphatic rings. The van der Waals surface area contributed by atoms with E-state index in [0.29, 0.717) is 5.02 Å². The Balaban J connectivity index is 2.62. The van der Waals surface area contributed by atoms with Crippen LogP contribution in [-0.2, 0) is 0 Å². The molecule has 0 aliphatic carbocycles. The summed E-state index contributed by atoms with van der Waals surface area (Å²) in [6.07, 6.45) is 7.15. The van der Waals surface area contributed by atoms with Crippen molar-refractivity contribution in [2.45, 2.75) is 0 Å². The maximum atomic E-state index is 5.93. The highest BCUT2D eigenvalue weighted by Gasteiger charge is 2.04. The highest BCUT2D eigenvalue weighted by Crippen LogP contribution is 2.24. The van der Waals surface area contributed by atoms with E-state index in [4.69, 9.17) is 18.0 Å². The molecule has 0 aliphatic heterocycles. The zero-order chi connectivity index (χ0) is 10.7. The van der Waals surface area contributed by atoms with E-state index in [1.165, 1.54) is 0 Å². The maximum absolute atomic E-state index is 5.93. The molecule has 1 heterocycles. The summed E-state index contributed by atoms with van der Waals surface area (Å²) in [7, 11) is 0. The van der Waals surface area contributed by atoms with E-state index in [1.807, 2.05) is 30.3 Å². The molecule has 0 fully saturated rings. The second-order valence-corrected chi connectivity index (χ2v) is 3.49. The zero-order valence-electron chi connectivity index (χ0n) is 7.94. The van der Waals surface area contributed by atoms with Crippen LogP contribution in [0.2, 0.25) is 5.02 Å². The van der Waals surface area contributed by atoms with E-state index >= 15 is 0 Å². The maximum Gasteiger partial charge on any atom is 0.0715 e. The van der Waals surface area contributed by atoms with Crippen LogP contribution in [0.15, 0.2) is 42.6 Å². The second-order valence-electron chi connectivity index (χ2n) is 3.05. The number of terminal acetylenes is 1. The van der Waals surface area contributed by atoms with E-state index < -0.39 is 0 Å². The fourth-order valence-electron chi connectivity index (χ4n) is 1.38. The Bertz CT molecular complexity index is 512. The summed E-state index contributed by atoms with van der Waals surface area (Å²) in [6.45, 7) is 0. The fraction of sp³-hybridized carbons (Fsp3) is 0. The van der Waals surface area contributed by atoms with Crippen molar-refractivity contribution in [3.8, 4) is 23.6 Å².